The van der Waals surface area contributed by atoms with Crippen molar-refractivity contribution in [2.45, 2.75) is 31.8 Å². The van der Waals surface area contributed by atoms with Crippen LogP contribution >= 0.6 is 0 Å². The lowest BCUT2D eigenvalue weighted by molar-refractivity contribution is -0.137. The van der Waals surface area contributed by atoms with Crippen molar-refractivity contribution in [1.29, 1.82) is 0 Å². The summed E-state index contributed by atoms with van der Waals surface area (Å²) < 4.78 is 77.2. The summed E-state index contributed by atoms with van der Waals surface area (Å²) in [6.07, 6.45) is -4.53. The summed E-state index contributed by atoms with van der Waals surface area (Å²) in [4.78, 5) is 0. The molecule has 0 saturated carbocycles. The number of alkyl halides is 3. The van der Waals surface area contributed by atoms with E-state index in [4.69, 9.17) is 9.15 Å². The number of sulfonamides is 1. The zero-order valence-corrected chi connectivity index (χ0v) is 16.6. The van der Waals surface area contributed by atoms with E-state index in [1.165, 1.54) is 12.1 Å². The second kappa shape index (κ2) is 8.08. The topological polar surface area (TPSA) is 68.5 Å². The molecule has 29 heavy (non-hydrogen) atoms. The first-order valence-corrected chi connectivity index (χ1v) is 10.6. The summed E-state index contributed by atoms with van der Waals surface area (Å²) in [5.41, 5.74) is -0.338. The summed E-state index contributed by atoms with van der Waals surface area (Å²) in [5, 5.41) is 0.759. The van der Waals surface area contributed by atoms with Crippen LogP contribution in [-0.4, -0.2) is 15.0 Å². The number of hydrogen-bond acceptors (Lipinski definition) is 4. The Balaban J connectivity index is 1.78. The molecule has 0 aliphatic rings. The van der Waals surface area contributed by atoms with Gasteiger partial charge in [-0.3, -0.25) is 0 Å². The van der Waals surface area contributed by atoms with Crippen LogP contribution in [0.5, 0.6) is 5.75 Å². The molecule has 0 fully saturated rings. The standard InChI is InChI=1S/C20H20F3NO4S/c1-3-27-17-9-5-7-15-11-18(28-19(15)17)13(2)24-29(25,26)12-14-6-4-8-16(10-14)20(21,22)23/h4-11,13,24H,3,12H2,1-2H3. The highest BCUT2D eigenvalue weighted by Crippen LogP contribution is 2.32. The highest BCUT2D eigenvalue weighted by Gasteiger charge is 2.31. The van der Waals surface area contributed by atoms with E-state index < -0.39 is 33.6 Å². The highest BCUT2D eigenvalue weighted by atomic mass is 32.2. The normalized spacial score (nSPS) is 13.6. The first-order chi connectivity index (χ1) is 13.6. The number of nitrogens with one attached hydrogen (secondary N) is 1. The average Bonchev–Trinajstić information content (AvgIpc) is 3.06. The predicted octanol–water partition coefficient (Wildman–Crippen LogP) is 5.03. The molecule has 1 unspecified atom stereocenters. The van der Waals surface area contributed by atoms with Gasteiger partial charge < -0.3 is 9.15 Å². The predicted molar refractivity (Wildman–Crippen MR) is 103 cm³/mol. The number of benzene rings is 2. The smallest absolute Gasteiger partial charge is 0.416 e. The third-order valence-electron chi connectivity index (χ3n) is 4.22. The molecule has 0 spiro atoms. The molecule has 1 atom stereocenters. The van der Waals surface area contributed by atoms with Gasteiger partial charge in [0.1, 0.15) is 5.76 Å². The van der Waals surface area contributed by atoms with Crippen LogP contribution in [0.4, 0.5) is 13.2 Å². The van der Waals surface area contributed by atoms with Crippen LogP contribution < -0.4 is 9.46 Å². The summed E-state index contributed by atoms with van der Waals surface area (Å²) in [7, 11) is -3.91. The van der Waals surface area contributed by atoms with Crippen molar-refractivity contribution < 1.29 is 30.7 Å². The van der Waals surface area contributed by atoms with Crippen LogP contribution in [0, 0.1) is 0 Å². The van der Waals surface area contributed by atoms with E-state index in [0.717, 1.165) is 17.5 Å². The van der Waals surface area contributed by atoms with Crippen molar-refractivity contribution in [3.63, 3.8) is 0 Å². The van der Waals surface area contributed by atoms with Gasteiger partial charge in [-0.15, -0.1) is 0 Å². The van der Waals surface area contributed by atoms with Crippen molar-refractivity contribution in [2.75, 3.05) is 6.61 Å². The Labute approximate surface area is 166 Å². The third-order valence-corrected chi connectivity index (χ3v) is 5.65. The van der Waals surface area contributed by atoms with E-state index in [9.17, 15) is 21.6 Å². The average molecular weight is 427 g/mol. The van der Waals surface area contributed by atoms with Gasteiger partial charge >= 0.3 is 6.18 Å². The molecule has 2 aromatic carbocycles. The van der Waals surface area contributed by atoms with Crippen molar-refractivity contribution in [2.24, 2.45) is 0 Å². The molecule has 9 heteroatoms. The Kier molecular flexibility index (Phi) is 5.90. The minimum Gasteiger partial charge on any atom is -0.490 e. The Bertz CT molecular complexity index is 1110. The fraction of sp³-hybridized carbons (Fsp3) is 0.300. The van der Waals surface area contributed by atoms with Crippen molar-refractivity contribution in [1.82, 2.24) is 4.72 Å². The fourth-order valence-electron chi connectivity index (χ4n) is 2.96. The second-order valence-electron chi connectivity index (χ2n) is 6.55. The van der Waals surface area contributed by atoms with Crippen LogP contribution in [-0.2, 0) is 22.0 Å². The van der Waals surface area contributed by atoms with Crippen LogP contribution in [0.1, 0.15) is 36.8 Å². The highest BCUT2D eigenvalue weighted by molar-refractivity contribution is 7.88. The molecule has 1 heterocycles. The Morgan fingerprint density at radius 1 is 1.14 bits per heavy atom. The lowest BCUT2D eigenvalue weighted by Crippen LogP contribution is -2.28. The summed E-state index contributed by atoms with van der Waals surface area (Å²) in [5.74, 6) is 0.348. The quantitative estimate of drug-likeness (QED) is 0.574. The lowest BCUT2D eigenvalue weighted by atomic mass is 10.1. The Morgan fingerprint density at radius 2 is 1.86 bits per heavy atom. The monoisotopic (exact) mass is 427 g/mol. The van der Waals surface area contributed by atoms with E-state index in [1.54, 1.807) is 25.1 Å². The lowest BCUT2D eigenvalue weighted by Gasteiger charge is -2.13. The van der Waals surface area contributed by atoms with E-state index in [1.807, 2.05) is 13.0 Å². The summed E-state index contributed by atoms with van der Waals surface area (Å²) in [6, 6.07) is 10.6. The van der Waals surface area contributed by atoms with E-state index in [2.05, 4.69) is 4.72 Å². The molecule has 0 aliphatic heterocycles. The van der Waals surface area contributed by atoms with Crippen LogP contribution in [0.15, 0.2) is 52.9 Å². The van der Waals surface area contributed by atoms with E-state index in [0.29, 0.717) is 23.7 Å². The maximum Gasteiger partial charge on any atom is 0.416 e. The van der Waals surface area contributed by atoms with Gasteiger partial charge in [-0.2, -0.15) is 13.2 Å². The minimum atomic E-state index is -4.53. The molecule has 0 aliphatic carbocycles. The first-order valence-electron chi connectivity index (χ1n) is 8.90. The maximum absolute atomic E-state index is 12.8. The zero-order chi connectivity index (χ0) is 21.2. The molecule has 156 valence electrons. The van der Waals surface area contributed by atoms with Gasteiger partial charge in [-0.25, -0.2) is 13.1 Å². The molecular weight excluding hydrogens is 407 g/mol. The van der Waals surface area contributed by atoms with Gasteiger partial charge in [0, 0.05) is 5.39 Å². The van der Waals surface area contributed by atoms with E-state index in [-0.39, 0.29) is 5.56 Å². The summed E-state index contributed by atoms with van der Waals surface area (Å²) in [6.45, 7) is 3.89. The molecule has 5 nitrogen and oxygen atoms in total. The number of furan rings is 1. The summed E-state index contributed by atoms with van der Waals surface area (Å²) >= 11 is 0. The number of hydrogen-bond donors (Lipinski definition) is 1. The van der Waals surface area contributed by atoms with Gasteiger partial charge in [-0.1, -0.05) is 30.3 Å². The molecule has 0 bridgehead atoms. The maximum atomic E-state index is 12.8. The Morgan fingerprint density at radius 3 is 2.55 bits per heavy atom. The van der Waals surface area contributed by atoms with E-state index >= 15 is 0 Å². The van der Waals surface area contributed by atoms with Gasteiger partial charge in [0.25, 0.3) is 0 Å². The second-order valence-corrected chi connectivity index (χ2v) is 8.31. The fourth-order valence-corrected chi connectivity index (χ4v) is 4.32. The van der Waals surface area contributed by atoms with Gasteiger partial charge in [0.15, 0.2) is 11.3 Å². The number of rotatable bonds is 7. The largest absolute Gasteiger partial charge is 0.490 e. The van der Waals surface area contributed by atoms with Crippen LogP contribution in [0.3, 0.4) is 0 Å². The number of ether oxygens (including phenoxy) is 1. The third kappa shape index (κ3) is 5.10. The van der Waals surface area contributed by atoms with Crippen LogP contribution in [0.2, 0.25) is 0 Å². The van der Waals surface area contributed by atoms with Gasteiger partial charge in [0.2, 0.25) is 10.0 Å². The first kappa shape index (κ1) is 21.2. The SMILES string of the molecule is CCOc1cccc2cc(C(C)NS(=O)(=O)Cc3cccc(C(F)(F)F)c3)oc12. The molecule has 3 aromatic rings. The number of fused-ring (bicyclic) bond motifs is 1. The van der Waals surface area contributed by atoms with Crippen molar-refractivity contribution >= 4 is 21.0 Å². The van der Waals surface area contributed by atoms with Crippen molar-refractivity contribution in [3.05, 3.63) is 65.4 Å². The minimum absolute atomic E-state index is 0.0442. The van der Waals surface area contributed by atoms with Crippen LogP contribution in [0.25, 0.3) is 11.0 Å². The van der Waals surface area contributed by atoms with Gasteiger partial charge in [-0.05, 0) is 37.6 Å². The van der Waals surface area contributed by atoms with Gasteiger partial charge in [0.05, 0.1) is 24.0 Å². The molecule has 0 saturated heterocycles. The Hall–Kier alpha value is -2.52. The molecule has 1 N–H and O–H groups in total. The number of halogens is 3. The molecule has 0 amide bonds. The molecule has 0 radical (unpaired) electrons. The molecule has 1 aromatic heterocycles. The van der Waals surface area contributed by atoms with Crippen molar-refractivity contribution in [3.8, 4) is 5.75 Å². The molecular formula is C20H20F3NO4S. The molecule has 3 rings (SSSR count). The zero-order valence-electron chi connectivity index (χ0n) is 15.8. The number of para-hydroxylation sites is 1.